The van der Waals surface area contributed by atoms with E-state index in [1.807, 2.05) is 0 Å². The summed E-state index contributed by atoms with van der Waals surface area (Å²) >= 11 is 0. The van der Waals surface area contributed by atoms with Gasteiger partial charge >= 0.3 is 5.97 Å². The lowest BCUT2D eigenvalue weighted by Crippen LogP contribution is -2.28. The molecule has 88 valence electrons. The summed E-state index contributed by atoms with van der Waals surface area (Å²) in [6.07, 6.45) is 0. The Bertz CT molecular complexity index is 435. The fourth-order valence-corrected chi connectivity index (χ4v) is 1.92. The van der Waals surface area contributed by atoms with Crippen LogP contribution < -0.4 is 5.32 Å². The highest BCUT2D eigenvalue weighted by Gasteiger charge is 2.21. The van der Waals surface area contributed by atoms with E-state index in [1.54, 1.807) is 38.5 Å². The molecule has 1 unspecified atom stereocenters. The topological polar surface area (TPSA) is 71.3 Å². The molecule has 0 saturated carbocycles. The molecule has 1 aromatic rings. The third-order valence-electron chi connectivity index (χ3n) is 2.73. The number of aryl methyl sites for hydroxylation is 1. The maximum absolute atomic E-state index is 11.5. The molecule has 0 spiro atoms. The summed E-state index contributed by atoms with van der Waals surface area (Å²) in [6, 6.07) is 1.18. The van der Waals surface area contributed by atoms with Gasteiger partial charge in [-0.2, -0.15) is 0 Å². The number of hydrogen-bond acceptors (Lipinski definition) is 2. The fourth-order valence-electron chi connectivity index (χ4n) is 1.92. The second-order valence-electron chi connectivity index (χ2n) is 3.75. The van der Waals surface area contributed by atoms with Crippen molar-refractivity contribution in [3.05, 3.63) is 23.0 Å². The summed E-state index contributed by atoms with van der Waals surface area (Å²) in [5, 5.41) is 11.5. The van der Waals surface area contributed by atoms with Crippen molar-refractivity contribution >= 4 is 11.9 Å². The van der Waals surface area contributed by atoms with E-state index in [4.69, 9.17) is 5.11 Å². The zero-order chi connectivity index (χ0) is 12.5. The molecule has 0 radical (unpaired) electrons. The van der Waals surface area contributed by atoms with E-state index in [1.165, 1.54) is 0 Å². The van der Waals surface area contributed by atoms with Crippen molar-refractivity contribution in [2.24, 2.45) is 0 Å². The molecule has 1 atom stereocenters. The zero-order valence-corrected chi connectivity index (χ0v) is 9.87. The van der Waals surface area contributed by atoms with Crippen LogP contribution in [0.15, 0.2) is 6.07 Å². The number of aromatic nitrogens is 1. The number of carboxylic acids is 1. The summed E-state index contributed by atoms with van der Waals surface area (Å²) in [7, 11) is 1.56. The van der Waals surface area contributed by atoms with Crippen LogP contribution in [0.25, 0.3) is 0 Å². The van der Waals surface area contributed by atoms with Gasteiger partial charge in [0.05, 0.1) is 5.56 Å². The molecule has 5 heteroatoms. The number of rotatable bonds is 3. The minimum absolute atomic E-state index is 0.140. The van der Waals surface area contributed by atoms with E-state index in [-0.39, 0.29) is 11.5 Å². The molecule has 0 aliphatic heterocycles. The lowest BCUT2D eigenvalue weighted by molar-refractivity contribution is -0.123. The Kier molecular flexibility index (Phi) is 3.37. The Morgan fingerprint density at radius 3 is 2.38 bits per heavy atom. The normalized spacial score (nSPS) is 12.2. The summed E-state index contributed by atoms with van der Waals surface area (Å²) in [5.74, 6) is -1.11. The first-order valence-corrected chi connectivity index (χ1v) is 5.03. The van der Waals surface area contributed by atoms with E-state index in [2.05, 4.69) is 5.32 Å². The summed E-state index contributed by atoms with van der Waals surface area (Å²) in [6.45, 7) is 5.24. The van der Waals surface area contributed by atoms with E-state index in [9.17, 15) is 9.59 Å². The molecular weight excluding hydrogens is 208 g/mol. The molecule has 0 saturated heterocycles. The van der Waals surface area contributed by atoms with Crippen LogP contribution in [-0.4, -0.2) is 28.6 Å². The van der Waals surface area contributed by atoms with Crippen LogP contribution in [0.3, 0.4) is 0 Å². The monoisotopic (exact) mass is 224 g/mol. The van der Waals surface area contributed by atoms with Crippen LogP contribution in [0.1, 0.15) is 34.7 Å². The predicted octanol–water partition coefficient (Wildman–Crippen LogP) is 1.11. The highest BCUT2D eigenvalue weighted by Crippen LogP contribution is 2.20. The van der Waals surface area contributed by atoms with Crippen molar-refractivity contribution in [3.8, 4) is 0 Å². The van der Waals surface area contributed by atoms with Crippen LogP contribution in [0, 0.1) is 13.8 Å². The van der Waals surface area contributed by atoms with Crippen molar-refractivity contribution in [2.45, 2.75) is 26.8 Å². The van der Waals surface area contributed by atoms with E-state index < -0.39 is 12.0 Å². The minimum atomic E-state index is -0.969. The smallest absolute Gasteiger partial charge is 0.337 e. The molecule has 1 amide bonds. The molecule has 16 heavy (non-hydrogen) atoms. The van der Waals surface area contributed by atoms with E-state index >= 15 is 0 Å². The standard InChI is InChI=1S/C11H16N2O3/c1-6-5-9(11(15)16)7(2)13(6)8(3)10(14)12-4/h5,8H,1-4H3,(H,12,14)(H,15,16). The molecular formula is C11H16N2O3. The van der Waals surface area contributed by atoms with Crippen molar-refractivity contribution in [2.75, 3.05) is 7.05 Å². The lowest BCUT2D eigenvalue weighted by Gasteiger charge is -2.16. The third kappa shape index (κ3) is 1.93. The molecule has 0 aliphatic carbocycles. The van der Waals surface area contributed by atoms with Gasteiger partial charge in [0.2, 0.25) is 5.91 Å². The SMILES string of the molecule is CNC(=O)C(C)n1c(C)cc(C(=O)O)c1C. The molecule has 1 rings (SSSR count). The second-order valence-corrected chi connectivity index (χ2v) is 3.75. The van der Waals surface area contributed by atoms with Crippen molar-refractivity contribution < 1.29 is 14.7 Å². The van der Waals surface area contributed by atoms with Gasteiger partial charge in [-0.3, -0.25) is 4.79 Å². The van der Waals surface area contributed by atoms with Gasteiger partial charge in [-0.15, -0.1) is 0 Å². The molecule has 0 bridgehead atoms. The van der Waals surface area contributed by atoms with Gasteiger partial charge in [-0.05, 0) is 26.8 Å². The Morgan fingerprint density at radius 1 is 1.44 bits per heavy atom. The largest absolute Gasteiger partial charge is 0.478 e. The number of aromatic carboxylic acids is 1. The molecule has 1 heterocycles. The Balaban J connectivity index is 3.24. The fraction of sp³-hybridized carbons (Fsp3) is 0.455. The summed E-state index contributed by atoms with van der Waals surface area (Å²) in [5.41, 5.74) is 1.61. The van der Waals surface area contributed by atoms with E-state index in [0.29, 0.717) is 5.69 Å². The zero-order valence-electron chi connectivity index (χ0n) is 9.87. The number of amides is 1. The Morgan fingerprint density at radius 2 is 2.00 bits per heavy atom. The number of carbonyl (C=O) groups is 2. The van der Waals surface area contributed by atoms with Gasteiger partial charge in [0.15, 0.2) is 0 Å². The highest BCUT2D eigenvalue weighted by atomic mass is 16.4. The first-order chi connectivity index (χ1) is 7.40. The van der Waals surface area contributed by atoms with Crippen LogP contribution in [0.4, 0.5) is 0 Å². The van der Waals surface area contributed by atoms with Crippen molar-refractivity contribution in [1.29, 1.82) is 0 Å². The van der Waals surface area contributed by atoms with Gasteiger partial charge in [-0.1, -0.05) is 0 Å². The van der Waals surface area contributed by atoms with Gasteiger partial charge in [0, 0.05) is 18.4 Å². The molecule has 0 fully saturated rings. The van der Waals surface area contributed by atoms with Gasteiger partial charge in [-0.25, -0.2) is 4.79 Å². The van der Waals surface area contributed by atoms with E-state index in [0.717, 1.165) is 5.69 Å². The number of likely N-dealkylation sites (N-methyl/N-ethyl adjacent to an activating group) is 1. The molecule has 1 aromatic heterocycles. The average molecular weight is 224 g/mol. The van der Waals surface area contributed by atoms with Crippen LogP contribution in [-0.2, 0) is 4.79 Å². The van der Waals surface area contributed by atoms with Crippen LogP contribution in [0.5, 0.6) is 0 Å². The third-order valence-corrected chi connectivity index (χ3v) is 2.73. The minimum Gasteiger partial charge on any atom is -0.478 e. The highest BCUT2D eigenvalue weighted by molar-refractivity contribution is 5.90. The summed E-state index contributed by atoms with van der Waals surface area (Å²) < 4.78 is 1.72. The average Bonchev–Trinajstić information content (AvgIpc) is 2.52. The Hall–Kier alpha value is -1.78. The van der Waals surface area contributed by atoms with Gasteiger partial charge in [0.1, 0.15) is 6.04 Å². The van der Waals surface area contributed by atoms with Crippen molar-refractivity contribution in [1.82, 2.24) is 9.88 Å². The van der Waals surface area contributed by atoms with Crippen LogP contribution >= 0.6 is 0 Å². The number of carbonyl (C=O) groups excluding carboxylic acids is 1. The maximum atomic E-state index is 11.5. The Labute approximate surface area is 94.1 Å². The number of carboxylic acid groups (broad SMARTS) is 1. The molecule has 5 nitrogen and oxygen atoms in total. The molecule has 0 aliphatic rings. The predicted molar refractivity (Wildman–Crippen MR) is 59.6 cm³/mol. The number of nitrogens with one attached hydrogen (secondary N) is 1. The number of hydrogen-bond donors (Lipinski definition) is 2. The lowest BCUT2D eigenvalue weighted by atomic mass is 10.2. The van der Waals surface area contributed by atoms with Gasteiger partial charge in [0.25, 0.3) is 0 Å². The summed E-state index contributed by atoms with van der Waals surface area (Å²) in [4.78, 5) is 22.5. The second kappa shape index (κ2) is 4.38. The number of nitrogens with zero attached hydrogens (tertiary/aromatic N) is 1. The quantitative estimate of drug-likeness (QED) is 0.807. The first kappa shape index (κ1) is 12.3. The molecule has 0 aromatic carbocycles. The first-order valence-electron chi connectivity index (χ1n) is 5.03. The maximum Gasteiger partial charge on any atom is 0.337 e. The van der Waals surface area contributed by atoms with Gasteiger partial charge < -0.3 is 15.0 Å². The molecule has 2 N–H and O–H groups in total. The van der Waals surface area contributed by atoms with Crippen molar-refractivity contribution in [3.63, 3.8) is 0 Å². The van der Waals surface area contributed by atoms with Crippen LogP contribution in [0.2, 0.25) is 0 Å².